The molecule has 2 aromatic heterocycles. The van der Waals surface area contributed by atoms with E-state index < -0.39 is 36.8 Å². The Kier molecular flexibility index (Phi) is 16.8. The predicted octanol–water partition coefficient (Wildman–Crippen LogP) is 11.8. The van der Waals surface area contributed by atoms with Crippen molar-refractivity contribution in [2.24, 2.45) is 0 Å². The van der Waals surface area contributed by atoms with E-state index in [0.29, 0.717) is 6.71 Å². The number of unbranched alkanes of at least 4 members (excludes halogenated alkanes) is 6. The first kappa shape index (κ1) is 40.8. The number of benzene rings is 1. The van der Waals surface area contributed by atoms with Gasteiger partial charge in [-0.1, -0.05) is 0 Å². The van der Waals surface area contributed by atoms with Gasteiger partial charge in [-0.25, -0.2) is 0 Å². The Balaban J connectivity index is 1.97. The molecule has 0 radical (unpaired) electrons. The normalized spacial score (nSPS) is 13.2. The maximum absolute atomic E-state index is 2.78. The molecule has 0 N–H and O–H groups in total. The van der Waals surface area contributed by atoms with Crippen LogP contribution in [0.3, 0.4) is 0 Å². The van der Waals surface area contributed by atoms with E-state index in [1.807, 2.05) is 5.79 Å². The van der Waals surface area contributed by atoms with Crippen molar-refractivity contribution < 1.29 is 0 Å². The summed E-state index contributed by atoms with van der Waals surface area (Å²) < 4.78 is 16.5. The Morgan fingerprint density at radius 3 is 1.08 bits per heavy atom. The average molecular weight is 898 g/mol. The van der Waals surface area contributed by atoms with Crippen LogP contribution >= 0.6 is 22.7 Å². The maximum atomic E-state index is 2.78. The molecule has 0 nitrogen and oxygen atoms in total. The molecule has 0 saturated carbocycles. The third-order valence-electron chi connectivity index (χ3n) is 11.7. The first-order chi connectivity index (χ1) is 23.2. The second kappa shape index (κ2) is 19.7. The van der Waals surface area contributed by atoms with Crippen molar-refractivity contribution in [3.63, 3.8) is 0 Å². The fourth-order valence-electron chi connectivity index (χ4n) is 8.86. The molecule has 0 aliphatic carbocycles. The van der Waals surface area contributed by atoms with E-state index in [4.69, 9.17) is 0 Å². The van der Waals surface area contributed by atoms with Crippen molar-refractivity contribution >= 4 is 99.1 Å². The Bertz CT molecular complexity index is 1320. The Morgan fingerprint density at radius 2 is 0.792 bits per heavy atom. The molecule has 264 valence electrons. The van der Waals surface area contributed by atoms with E-state index in [2.05, 4.69) is 121 Å². The number of aryl methyl sites for hydroxylation is 3. The van der Waals surface area contributed by atoms with Crippen LogP contribution in [0.15, 0.2) is 24.3 Å². The van der Waals surface area contributed by atoms with E-state index in [0.717, 1.165) is 0 Å². The van der Waals surface area contributed by atoms with Crippen molar-refractivity contribution in [1.82, 2.24) is 0 Å². The molecule has 3 heterocycles. The van der Waals surface area contributed by atoms with Gasteiger partial charge in [-0.2, -0.15) is 0 Å². The summed E-state index contributed by atoms with van der Waals surface area (Å²) in [5.74, 6) is 0. The molecule has 48 heavy (non-hydrogen) atoms. The molecule has 0 atom stereocenters. The Labute approximate surface area is 314 Å². The molecule has 1 aromatic carbocycles. The predicted molar refractivity (Wildman–Crippen MR) is 232 cm³/mol. The van der Waals surface area contributed by atoms with Gasteiger partial charge in [0.2, 0.25) is 0 Å². The summed E-state index contributed by atoms with van der Waals surface area (Å²) in [5.41, 5.74) is 9.14. The first-order valence-corrected chi connectivity index (χ1v) is 36.9. The summed E-state index contributed by atoms with van der Waals surface area (Å²) in [6.45, 7) is 22.0. The van der Waals surface area contributed by atoms with E-state index >= 15 is 0 Å². The summed E-state index contributed by atoms with van der Waals surface area (Å²) in [7, 11) is 0. The van der Waals surface area contributed by atoms with E-state index in [9.17, 15) is 0 Å². The number of hydrogen-bond acceptors (Lipinski definition) is 2. The monoisotopic (exact) mass is 900 g/mol. The number of fused-ring (bicyclic) bond motifs is 2. The number of thiophene rings is 2. The van der Waals surface area contributed by atoms with Crippen LogP contribution in [-0.2, 0) is 0 Å². The summed E-state index contributed by atoms with van der Waals surface area (Å²) in [5, 5.41) is 0. The second-order valence-electron chi connectivity index (χ2n) is 15.6. The fourth-order valence-corrected chi connectivity index (χ4v) is 49.9. The van der Waals surface area contributed by atoms with Gasteiger partial charge in [0.25, 0.3) is 0 Å². The van der Waals surface area contributed by atoms with Gasteiger partial charge in [0.1, 0.15) is 0 Å². The first-order valence-electron chi connectivity index (χ1n) is 20.3. The van der Waals surface area contributed by atoms with Crippen molar-refractivity contribution in [3.05, 3.63) is 52.1 Å². The molecule has 1 aliphatic rings. The zero-order valence-electron chi connectivity index (χ0n) is 32.6. The third-order valence-corrected chi connectivity index (χ3v) is 50.5. The molecule has 0 spiro atoms. The summed E-state index contributed by atoms with van der Waals surface area (Å²) in [4.78, 5) is 0. The van der Waals surface area contributed by atoms with Crippen LogP contribution in [0.1, 0.15) is 146 Å². The zero-order valence-corrected chi connectivity index (χ0v) is 39.9. The zero-order chi connectivity index (χ0) is 34.7. The summed E-state index contributed by atoms with van der Waals surface area (Å²) in [6, 6.07) is 10.5. The van der Waals surface area contributed by atoms with Crippen LogP contribution in [0.25, 0.3) is 12.2 Å². The topological polar surface area (TPSA) is 0 Å². The van der Waals surface area contributed by atoms with Crippen molar-refractivity contribution in [2.75, 3.05) is 0 Å². The minimum atomic E-state index is -2.58. The van der Waals surface area contributed by atoms with Crippen LogP contribution in [0, 0.1) is 20.8 Å². The molecule has 4 rings (SSSR count). The number of rotatable bonds is 21. The minimum absolute atomic E-state index is 0.378. The molecule has 3 aromatic rings. The van der Waals surface area contributed by atoms with Gasteiger partial charge in [-0.3, -0.25) is 0 Å². The molecule has 1 aliphatic heterocycles. The van der Waals surface area contributed by atoms with Gasteiger partial charge in [-0.05, 0) is 0 Å². The van der Waals surface area contributed by atoms with Gasteiger partial charge >= 0.3 is 317 Å². The Hall–Kier alpha value is 0.0223. The van der Waals surface area contributed by atoms with E-state index in [1.165, 1.54) is 93.7 Å². The molecule has 0 unspecified atom stereocenters. The Morgan fingerprint density at radius 1 is 0.479 bits per heavy atom. The van der Waals surface area contributed by atoms with Crippen LogP contribution in [0.2, 0.25) is 26.6 Å². The summed E-state index contributed by atoms with van der Waals surface area (Å²) >= 11 is -0.518. The molecular formula is C43H69BS2Sn2. The van der Waals surface area contributed by atoms with Crippen LogP contribution < -0.4 is 20.8 Å². The van der Waals surface area contributed by atoms with Gasteiger partial charge in [0.05, 0.1) is 0 Å². The van der Waals surface area contributed by atoms with E-state index in [-0.39, 0.29) is 0 Å². The molecule has 0 fully saturated rings. The second-order valence-corrected chi connectivity index (χ2v) is 46.1. The summed E-state index contributed by atoms with van der Waals surface area (Å²) in [6.07, 6.45) is 21.8. The molecule has 0 amide bonds. The third kappa shape index (κ3) is 9.51. The van der Waals surface area contributed by atoms with Gasteiger partial charge in [0.15, 0.2) is 0 Å². The van der Waals surface area contributed by atoms with Crippen molar-refractivity contribution in [3.8, 4) is 0 Å². The van der Waals surface area contributed by atoms with Gasteiger partial charge < -0.3 is 0 Å². The number of hydrogen-bond donors (Lipinski definition) is 0. The van der Waals surface area contributed by atoms with E-state index in [1.54, 1.807) is 52.8 Å². The van der Waals surface area contributed by atoms with Gasteiger partial charge in [0, 0.05) is 0 Å². The van der Waals surface area contributed by atoms with Crippen molar-refractivity contribution in [1.29, 1.82) is 0 Å². The quantitative estimate of drug-likeness (QED) is 0.0731. The fraction of sp³-hybridized carbons (Fsp3) is 0.628. The average Bonchev–Trinajstić information content (AvgIpc) is 3.67. The van der Waals surface area contributed by atoms with Crippen LogP contribution in [0.4, 0.5) is 0 Å². The van der Waals surface area contributed by atoms with Crippen molar-refractivity contribution in [2.45, 2.75) is 166 Å². The van der Waals surface area contributed by atoms with Gasteiger partial charge in [-0.15, -0.1) is 0 Å². The molecule has 0 bridgehead atoms. The standard InChI is InChI=1S/C19H15BS2.6C4H9.2Sn/c1-12-10-13(2)17(14(3)11-12)20-18-15(6-8-21-18)4-5-16-7-9-22-19(16)20;6*1-3-4-2;;/h4-7,10-11H,1-3H3;6*1,3-4H2,2H3;;. The SMILES string of the molecule is CCC[CH2][Sn]([CH2]CCC)([CH2]CCC)[c]1cc2c(s1)B(c1c(C)cc(C)cc1C)c1s[c]([Sn]([CH2]CCC)([CH2]CCC)[CH2]CCC)cc1C=C2. The van der Waals surface area contributed by atoms with Crippen LogP contribution in [0.5, 0.6) is 0 Å². The molecule has 5 heteroatoms. The van der Waals surface area contributed by atoms with Crippen LogP contribution in [-0.4, -0.2) is 43.5 Å². The molecular weight excluding hydrogens is 829 g/mol. The molecule has 0 saturated heterocycles.